The number of hydrogen-bond acceptors (Lipinski definition) is 5. The summed E-state index contributed by atoms with van der Waals surface area (Å²) in [6.45, 7) is 2.04. The smallest absolute Gasteiger partial charge is 0.227 e. The van der Waals surface area contributed by atoms with Crippen molar-refractivity contribution in [3.05, 3.63) is 40.8 Å². The van der Waals surface area contributed by atoms with E-state index >= 15 is 0 Å². The fourth-order valence-corrected chi connectivity index (χ4v) is 2.07. The van der Waals surface area contributed by atoms with Crippen molar-refractivity contribution in [1.29, 1.82) is 5.26 Å². The average molecular weight is 304 g/mol. The first kappa shape index (κ1) is 15.1. The topological polar surface area (TPSA) is 68.0 Å². The summed E-state index contributed by atoms with van der Waals surface area (Å²) < 4.78 is 11.0. The average Bonchev–Trinajstić information content (AvgIpc) is 2.51. The van der Waals surface area contributed by atoms with Gasteiger partial charge in [-0.2, -0.15) is 5.26 Å². The van der Waals surface area contributed by atoms with Crippen LogP contribution >= 0.6 is 11.6 Å². The Hall–Kier alpha value is -2.32. The van der Waals surface area contributed by atoms with E-state index in [0.29, 0.717) is 34.5 Å². The molecule has 0 unspecified atom stereocenters. The molecule has 0 aliphatic rings. The Bertz CT molecular complexity index is 683. The Kier molecular flexibility index (Phi) is 4.96. The summed E-state index contributed by atoms with van der Waals surface area (Å²) in [5.74, 6) is 1.34. The minimum atomic E-state index is 0.384. The summed E-state index contributed by atoms with van der Waals surface area (Å²) in [6.07, 6.45) is 2.97. The SMILES string of the molecule is CCCc1c(Cl)ncnc1Oc1ccc(C#N)cc1OC. The zero-order valence-electron chi connectivity index (χ0n) is 11.8. The third-order valence-corrected chi connectivity index (χ3v) is 3.18. The van der Waals surface area contributed by atoms with Crippen molar-refractivity contribution in [1.82, 2.24) is 9.97 Å². The number of nitrogens with zero attached hydrogens (tertiary/aromatic N) is 3. The quantitative estimate of drug-likeness (QED) is 0.787. The van der Waals surface area contributed by atoms with E-state index in [1.807, 2.05) is 6.92 Å². The van der Waals surface area contributed by atoms with Crippen molar-refractivity contribution in [3.8, 4) is 23.4 Å². The lowest BCUT2D eigenvalue weighted by Crippen LogP contribution is -1.99. The molecule has 1 heterocycles. The van der Waals surface area contributed by atoms with Crippen LogP contribution in [0.15, 0.2) is 24.5 Å². The minimum Gasteiger partial charge on any atom is -0.493 e. The second-order valence-electron chi connectivity index (χ2n) is 4.28. The molecule has 1 aromatic carbocycles. The molecule has 2 rings (SSSR count). The zero-order valence-corrected chi connectivity index (χ0v) is 12.5. The van der Waals surface area contributed by atoms with Gasteiger partial charge in [0.05, 0.1) is 24.3 Å². The molecule has 0 aliphatic carbocycles. The highest BCUT2D eigenvalue weighted by Crippen LogP contribution is 2.34. The van der Waals surface area contributed by atoms with E-state index in [1.54, 1.807) is 18.2 Å². The normalized spacial score (nSPS) is 10.0. The Labute approximate surface area is 128 Å². The van der Waals surface area contributed by atoms with Crippen molar-refractivity contribution < 1.29 is 9.47 Å². The molecule has 21 heavy (non-hydrogen) atoms. The maximum Gasteiger partial charge on any atom is 0.227 e. The maximum absolute atomic E-state index is 8.90. The van der Waals surface area contributed by atoms with Crippen LogP contribution in [0, 0.1) is 11.3 Å². The van der Waals surface area contributed by atoms with Crippen molar-refractivity contribution in [2.45, 2.75) is 19.8 Å². The number of hydrogen-bond donors (Lipinski definition) is 0. The van der Waals surface area contributed by atoms with Gasteiger partial charge in [0.15, 0.2) is 11.5 Å². The molecule has 0 N–H and O–H groups in total. The number of aromatic nitrogens is 2. The summed E-state index contributed by atoms with van der Waals surface area (Å²) in [5.41, 5.74) is 1.25. The van der Waals surface area contributed by atoms with Crippen LogP contribution in [-0.2, 0) is 6.42 Å². The van der Waals surface area contributed by atoms with Gasteiger partial charge >= 0.3 is 0 Å². The highest BCUT2D eigenvalue weighted by Gasteiger charge is 2.14. The summed E-state index contributed by atoms with van der Waals surface area (Å²) in [5, 5.41) is 9.29. The van der Waals surface area contributed by atoms with Crippen molar-refractivity contribution in [2.75, 3.05) is 7.11 Å². The predicted octanol–water partition coefficient (Wildman–Crippen LogP) is 3.76. The van der Waals surface area contributed by atoms with Crippen LogP contribution < -0.4 is 9.47 Å². The van der Waals surface area contributed by atoms with Crippen LogP contribution in [0.25, 0.3) is 0 Å². The van der Waals surface area contributed by atoms with Gasteiger partial charge in [-0.1, -0.05) is 24.9 Å². The number of nitriles is 1. The van der Waals surface area contributed by atoms with Gasteiger partial charge < -0.3 is 9.47 Å². The van der Waals surface area contributed by atoms with Gasteiger partial charge in [0.2, 0.25) is 5.88 Å². The molecule has 0 amide bonds. The Morgan fingerprint density at radius 1 is 1.29 bits per heavy atom. The fraction of sp³-hybridized carbons (Fsp3) is 0.267. The standard InChI is InChI=1S/C15H14ClN3O2/c1-3-4-11-14(16)18-9-19-15(11)21-12-6-5-10(8-17)7-13(12)20-2/h5-7,9H,3-4H2,1-2H3. The van der Waals surface area contributed by atoms with Gasteiger partial charge in [-0.3, -0.25) is 0 Å². The summed E-state index contributed by atoms with van der Waals surface area (Å²) in [7, 11) is 1.52. The van der Waals surface area contributed by atoms with E-state index in [1.165, 1.54) is 13.4 Å². The van der Waals surface area contributed by atoms with Crippen LogP contribution in [0.2, 0.25) is 5.15 Å². The molecule has 0 fully saturated rings. The molecule has 108 valence electrons. The van der Waals surface area contributed by atoms with Crippen molar-refractivity contribution >= 4 is 11.6 Å². The van der Waals surface area contributed by atoms with Crippen molar-refractivity contribution in [3.63, 3.8) is 0 Å². The summed E-state index contributed by atoms with van der Waals surface area (Å²) in [4.78, 5) is 8.10. The molecule has 0 atom stereocenters. The van der Waals surface area contributed by atoms with Crippen LogP contribution in [0.1, 0.15) is 24.5 Å². The maximum atomic E-state index is 8.90. The first-order chi connectivity index (χ1) is 10.2. The number of benzene rings is 1. The molecule has 6 heteroatoms. The van der Waals surface area contributed by atoms with Crippen LogP contribution in [0.4, 0.5) is 0 Å². The molecule has 2 aromatic rings. The van der Waals surface area contributed by atoms with Crippen LogP contribution in [-0.4, -0.2) is 17.1 Å². The Morgan fingerprint density at radius 2 is 2.10 bits per heavy atom. The van der Waals surface area contributed by atoms with E-state index < -0.39 is 0 Å². The molecule has 0 radical (unpaired) electrons. The van der Waals surface area contributed by atoms with Crippen molar-refractivity contribution in [2.24, 2.45) is 0 Å². The van der Waals surface area contributed by atoms with Crippen LogP contribution in [0.3, 0.4) is 0 Å². The molecule has 5 nitrogen and oxygen atoms in total. The Morgan fingerprint density at radius 3 is 2.76 bits per heavy atom. The highest BCUT2D eigenvalue weighted by atomic mass is 35.5. The van der Waals surface area contributed by atoms with Gasteiger partial charge in [-0.05, 0) is 18.6 Å². The van der Waals surface area contributed by atoms with E-state index in [9.17, 15) is 0 Å². The number of halogens is 1. The van der Waals surface area contributed by atoms with Gasteiger partial charge in [0, 0.05) is 6.07 Å². The van der Waals surface area contributed by atoms with Gasteiger partial charge in [-0.15, -0.1) is 0 Å². The third kappa shape index (κ3) is 3.41. The first-order valence-electron chi connectivity index (χ1n) is 6.45. The number of methoxy groups -OCH3 is 1. The van der Waals surface area contributed by atoms with Gasteiger partial charge in [-0.25, -0.2) is 9.97 Å². The lowest BCUT2D eigenvalue weighted by Gasteiger charge is -2.12. The summed E-state index contributed by atoms with van der Waals surface area (Å²) in [6, 6.07) is 6.98. The minimum absolute atomic E-state index is 0.384. The lowest BCUT2D eigenvalue weighted by molar-refractivity contribution is 0.372. The van der Waals surface area contributed by atoms with E-state index in [-0.39, 0.29) is 0 Å². The first-order valence-corrected chi connectivity index (χ1v) is 6.82. The second kappa shape index (κ2) is 6.91. The Balaban J connectivity index is 2.39. The predicted molar refractivity (Wildman–Crippen MR) is 78.8 cm³/mol. The van der Waals surface area contributed by atoms with E-state index in [0.717, 1.165) is 12.0 Å². The molecule has 0 spiro atoms. The molecule has 0 aliphatic heterocycles. The third-order valence-electron chi connectivity index (χ3n) is 2.85. The monoisotopic (exact) mass is 303 g/mol. The molecule has 0 saturated carbocycles. The largest absolute Gasteiger partial charge is 0.493 e. The van der Waals surface area contributed by atoms with Gasteiger partial charge in [0.25, 0.3) is 0 Å². The molecule has 0 saturated heterocycles. The molecular weight excluding hydrogens is 290 g/mol. The highest BCUT2D eigenvalue weighted by molar-refractivity contribution is 6.30. The molecule has 0 bridgehead atoms. The lowest BCUT2D eigenvalue weighted by atomic mass is 10.2. The molecule has 1 aromatic heterocycles. The van der Waals surface area contributed by atoms with Crippen LogP contribution in [0.5, 0.6) is 17.4 Å². The zero-order chi connectivity index (χ0) is 15.2. The van der Waals surface area contributed by atoms with Gasteiger partial charge in [0.1, 0.15) is 11.5 Å². The number of rotatable bonds is 5. The summed E-state index contributed by atoms with van der Waals surface area (Å²) >= 11 is 6.09. The fourth-order valence-electron chi connectivity index (χ4n) is 1.85. The second-order valence-corrected chi connectivity index (χ2v) is 4.64. The van der Waals surface area contributed by atoms with E-state index in [4.69, 9.17) is 26.3 Å². The number of ether oxygens (including phenoxy) is 2. The molecular formula is C15H14ClN3O2. The van der Waals surface area contributed by atoms with E-state index in [2.05, 4.69) is 16.0 Å².